The molecule has 0 saturated carbocycles. The van der Waals surface area contributed by atoms with Crippen LogP contribution in [0.5, 0.6) is 0 Å². The molecule has 2 aromatic heterocycles. The molecule has 0 fully saturated rings. The Bertz CT molecular complexity index is 1150. The van der Waals surface area contributed by atoms with Crippen molar-refractivity contribution in [3.05, 3.63) is 81.0 Å². The lowest BCUT2D eigenvalue weighted by Gasteiger charge is -2.13. The van der Waals surface area contributed by atoms with E-state index in [1.807, 2.05) is 54.6 Å². The second kappa shape index (κ2) is 6.99. The number of aromatic nitrogens is 2. The number of anilines is 1. The van der Waals surface area contributed by atoms with Gasteiger partial charge in [0.15, 0.2) is 0 Å². The van der Waals surface area contributed by atoms with E-state index in [0.717, 1.165) is 42.3 Å². The van der Waals surface area contributed by atoms with E-state index in [1.165, 1.54) is 0 Å². The molecule has 0 saturated heterocycles. The molecule has 0 aliphatic rings. The Hall–Kier alpha value is -1.95. The van der Waals surface area contributed by atoms with Crippen LogP contribution in [0.25, 0.3) is 27.5 Å². The van der Waals surface area contributed by atoms with Gasteiger partial charge in [-0.3, -0.25) is 0 Å². The van der Waals surface area contributed by atoms with E-state index in [4.69, 9.17) is 16.6 Å². The van der Waals surface area contributed by atoms with E-state index in [9.17, 15) is 0 Å². The number of pyridine rings is 2. The third-order valence-corrected chi connectivity index (χ3v) is 5.45. The molecule has 128 valence electrons. The summed E-state index contributed by atoms with van der Waals surface area (Å²) in [6.07, 6.45) is 0. The third-order valence-electron chi connectivity index (χ3n) is 4.03. The Labute approximate surface area is 172 Å². The number of rotatable bonds is 3. The molecule has 0 unspecified atom stereocenters. The van der Waals surface area contributed by atoms with Gasteiger partial charge >= 0.3 is 0 Å². The predicted molar refractivity (Wildman–Crippen MR) is 117 cm³/mol. The standard InChI is InChI=1S/C20H12Br2ClN3/c1-11(24-20-14(21)3-2-4-15(20)23)16-9-7-12-5-6-13-8-10-17(22)26-19(13)18(12)25-16/h2-10,24H,1H2. The Balaban J connectivity index is 1.80. The van der Waals surface area contributed by atoms with Crippen LogP contribution in [0.2, 0.25) is 5.02 Å². The predicted octanol–water partition coefficient (Wildman–Crippen LogP) is 7.04. The first-order chi connectivity index (χ1) is 12.5. The van der Waals surface area contributed by atoms with Crippen LogP contribution in [0.15, 0.2) is 70.3 Å². The molecule has 6 heteroatoms. The molecule has 26 heavy (non-hydrogen) atoms. The summed E-state index contributed by atoms with van der Waals surface area (Å²) in [7, 11) is 0. The van der Waals surface area contributed by atoms with Crippen LogP contribution in [-0.4, -0.2) is 9.97 Å². The molecule has 4 aromatic rings. The van der Waals surface area contributed by atoms with Crippen molar-refractivity contribution in [3.63, 3.8) is 0 Å². The SMILES string of the molecule is C=C(Nc1c(Cl)cccc1Br)c1ccc2ccc3ccc(Br)nc3c2n1. The second-order valence-electron chi connectivity index (χ2n) is 5.74. The van der Waals surface area contributed by atoms with Gasteiger partial charge in [-0.2, -0.15) is 0 Å². The van der Waals surface area contributed by atoms with Crippen molar-refractivity contribution >= 4 is 76.7 Å². The minimum absolute atomic E-state index is 0.609. The Kier molecular flexibility index (Phi) is 4.69. The number of nitrogens with one attached hydrogen (secondary N) is 1. The zero-order valence-electron chi connectivity index (χ0n) is 13.4. The van der Waals surface area contributed by atoms with E-state index < -0.39 is 0 Å². The number of para-hydroxylation sites is 1. The molecule has 3 nitrogen and oxygen atoms in total. The largest absolute Gasteiger partial charge is 0.352 e. The number of benzene rings is 2. The number of fused-ring (bicyclic) bond motifs is 3. The van der Waals surface area contributed by atoms with Gasteiger partial charge in [0.25, 0.3) is 0 Å². The van der Waals surface area contributed by atoms with Gasteiger partial charge in [0.1, 0.15) is 4.60 Å². The van der Waals surface area contributed by atoms with Crippen LogP contribution in [0.3, 0.4) is 0 Å². The third kappa shape index (κ3) is 3.22. The number of hydrogen-bond acceptors (Lipinski definition) is 3. The maximum atomic E-state index is 6.28. The summed E-state index contributed by atoms with van der Waals surface area (Å²) < 4.78 is 1.64. The fourth-order valence-corrected chi connectivity index (χ4v) is 3.85. The Morgan fingerprint density at radius 2 is 1.54 bits per heavy atom. The Morgan fingerprint density at radius 1 is 0.885 bits per heavy atom. The average molecular weight is 490 g/mol. The normalized spacial score (nSPS) is 11.0. The fraction of sp³-hybridized carbons (Fsp3) is 0. The van der Waals surface area contributed by atoms with Gasteiger partial charge in [-0.1, -0.05) is 48.5 Å². The molecule has 0 aliphatic carbocycles. The highest BCUT2D eigenvalue weighted by molar-refractivity contribution is 9.10. The molecule has 0 radical (unpaired) electrons. The number of halogens is 3. The van der Waals surface area contributed by atoms with Gasteiger partial charge in [-0.05, 0) is 56.1 Å². The molecular formula is C20H12Br2ClN3. The quantitative estimate of drug-likeness (QED) is 0.248. The molecule has 4 rings (SSSR count). The van der Waals surface area contributed by atoms with Crippen molar-refractivity contribution in [3.8, 4) is 0 Å². The molecule has 0 bridgehead atoms. The zero-order chi connectivity index (χ0) is 18.3. The van der Waals surface area contributed by atoms with Gasteiger partial charge in [0.2, 0.25) is 0 Å². The Morgan fingerprint density at radius 3 is 2.27 bits per heavy atom. The van der Waals surface area contributed by atoms with E-state index in [-0.39, 0.29) is 0 Å². The lowest BCUT2D eigenvalue weighted by molar-refractivity contribution is 1.31. The smallest absolute Gasteiger partial charge is 0.106 e. The van der Waals surface area contributed by atoms with Crippen molar-refractivity contribution in [1.82, 2.24) is 9.97 Å². The van der Waals surface area contributed by atoms with Gasteiger partial charge < -0.3 is 5.32 Å². The molecule has 0 amide bonds. The molecule has 2 heterocycles. The molecule has 0 spiro atoms. The first-order valence-electron chi connectivity index (χ1n) is 7.79. The molecule has 2 aromatic carbocycles. The van der Waals surface area contributed by atoms with Crippen molar-refractivity contribution < 1.29 is 0 Å². The van der Waals surface area contributed by atoms with Crippen molar-refractivity contribution in [1.29, 1.82) is 0 Å². The van der Waals surface area contributed by atoms with E-state index >= 15 is 0 Å². The highest BCUT2D eigenvalue weighted by Crippen LogP contribution is 2.33. The summed E-state index contributed by atoms with van der Waals surface area (Å²) in [6, 6.07) is 17.6. The minimum Gasteiger partial charge on any atom is -0.352 e. The highest BCUT2D eigenvalue weighted by atomic mass is 79.9. The maximum absolute atomic E-state index is 6.28. The van der Waals surface area contributed by atoms with Crippen LogP contribution >= 0.6 is 43.5 Å². The molecule has 0 atom stereocenters. The van der Waals surface area contributed by atoms with Gasteiger partial charge in [0.05, 0.1) is 33.1 Å². The lowest BCUT2D eigenvalue weighted by Crippen LogP contribution is -2.01. The molecule has 1 N–H and O–H groups in total. The van der Waals surface area contributed by atoms with Crippen LogP contribution < -0.4 is 5.32 Å². The van der Waals surface area contributed by atoms with E-state index in [1.54, 1.807) is 0 Å². The van der Waals surface area contributed by atoms with Crippen molar-refractivity contribution in [2.24, 2.45) is 0 Å². The summed E-state index contributed by atoms with van der Waals surface area (Å²) >= 11 is 13.2. The zero-order valence-corrected chi connectivity index (χ0v) is 17.4. The van der Waals surface area contributed by atoms with Gasteiger partial charge in [-0.25, -0.2) is 9.97 Å². The number of nitrogens with zero attached hydrogens (tertiary/aromatic N) is 2. The van der Waals surface area contributed by atoms with E-state index in [2.05, 4.69) is 48.7 Å². The fourth-order valence-electron chi connectivity index (χ4n) is 2.74. The van der Waals surface area contributed by atoms with Crippen LogP contribution in [0, 0.1) is 0 Å². The molecule has 0 aliphatic heterocycles. The number of hydrogen-bond donors (Lipinski definition) is 1. The summed E-state index contributed by atoms with van der Waals surface area (Å²) in [5, 5.41) is 5.93. The second-order valence-corrected chi connectivity index (χ2v) is 7.81. The van der Waals surface area contributed by atoms with Gasteiger partial charge in [-0.15, -0.1) is 0 Å². The lowest BCUT2D eigenvalue weighted by atomic mass is 10.1. The highest BCUT2D eigenvalue weighted by Gasteiger charge is 2.10. The van der Waals surface area contributed by atoms with Crippen LogP contribution in [-0.2, 0) is 0 Å². The first-order valence-corrected chi connectivity index (χ1v) is 9.75. The monoisotopic (exact) mass is 487 g/mol. The van der Waals surface area contributed by atoms with E-state index in [0.29, 0.717) is 10.7 Å². The van der Waals surface area contributed by atoms with Crippen molar-refractivity contribution in [2.75, 3.05) is 5.32 Å². The maximum Gasteiger partial charge on any atom is 0.106 e. The average Bonchev–Trinajstić information content (AvgIpc) is 2.64. The summed E-state index contributed by atoms with van der Waals surface area (Å²) in [5.41, 5.74) is 3.85. The van der Waals surface area contributed by atoms with Crippen LogP contribution in [0.1, 0.15) is 5.69 Å². The first kappa shape index (κ1) is 17.5. The van der Waals surface area contributed by atoms with Crippen molar-refractivity contribution in [2.45, 2.75) is 0 Å². The molecular weight excluding hydrogens is 478 g/mol. The topological polar surface area (TPSA) is 37.8 Å². The minimum atomic E-state index is 0.609. The summed E-state index contributed by atoms with van der Waals surface area (Å²) in [6.45, 7) is 4.12. The van der Waals surface area contributed by atoms with Gasteiger partial charge in [0, 0.05) is 15.2 Å². The summed E-state index contributed by atoms with van der Waals surface area (Å²) in [4.78, 5) is 9.39. The van der Waals surface area contributed by atoms with Crippen LogP contribution in [0.4, 0.5) is 5.69 Å². The summed E-state index contributed by atoms with van der Waals surface area (Å²) in [5.74, 6) is 0.